The Morgan fingerprint density at radius 1 is 1.07 bits per heavy atom. The van der Waals surface area contributed by atoms with Gasteiger partial charge in [0.1, 0.15) is 0 Å². The van der Waals surface area contributed by atoms with E-state index in [0.717, 1.165) is 17.5 Å². The number of carbonyl (C=O) groups is 1. The highest BCUT2D eigenvalue weighted by molar-refractivity contribution is 7.88. The number of hydrogen-bond donors (Lipinski definition) is 2. The van der Waals surface area contributed by atoms with Gasteiger partial charge in [-0.1, -0.05) is 18.2 Å². The lowest BCUT2D eigenvalue weighted by atomic mass is 10.1. The van der Waals surface area contributed by atoms with Crippen molar-refractivity contribution >= 4 is 44.4 Å². The zero-order valence-electron chi connectivity index (χ0n) is 16.5. The molecule has 2 aromatic rings. The maximum absolute atomic E-state index is 12.8. The zero-order valence-corrected chi connectivity index (χ0v) is 17.3. The third-order valence-corrected chi connectivity index (χ3v) is 4.96. The lowest BCUT2D eigenvalue weighted by Crippen LogP contribution is -2.27. The maximum atomic E-state index is 12.8. The fourth-order valence-corrected chi connectivity index (χ4v) is 3.30. The third kappa shape index (κ3) is 5.27. The predicted octanol–water partition coefficient (Wildman–Crippen LogP) is 2.45. The van der Waals surface area contributed by atoms with Gasteiger partial charge in [0.25, 0.3) is 5.91 Å². The number of carbonyl (C=O) groups excluding carboxylic acids is 1. The van der Waals surface area contributed by atoms with Crippen molar-refractivity contribution in [3.63, 3.8) is 0 Å². The van der Waals surface area contributed by atoms with E-state index in [9.17, 15) is 13.2 Å². The van der Waals surface area contributed by atoms with Crippen molar-refractivity contribution in [3.8, 4) is 0 Å². The molecule has 0 aromatic heterocycles. The number of para-hydroxylation sites is 1. The van der Waals surface area contributed by atoms with Crippen LogP contribution >= 0.6 is 0 Å². The maximum Gasteiger partial charge on any atom is 0.299 e. The Kier molecular flexibility index (Phi) is 6.09. The molecule has 1 aliphatic rings. The summed E-state index contributed by atoms with van der Waals surface area (Å²) in [6, 6.07) is 14.8. The summed E-state index contributed by atoms with van der Waals surface area (Å²) in [6.45, 7) is 4.41. The van der Waals surface area contributed by atoms with Crippen LogP contribution in [0.25, 0.3) is 0 Å². The Morgan fingerprint density at radius 2 is 1.79 bits per heavy atom. The molecule has 3 rings (SSSR count). The number of anilines is 2. The van der Waals surface area contributed by atoms with Gasteiger partial charge in [-0.3, -0.25) is 4.79 Å². The standard InChI is InChI=1S/C20H23N5O3S/c1-14-13-16(21-11-12-22-29(3,27)28)9-10-18(14)23-19-15(2)24-25(20(19)26)17-7-5-4-6-8-17/h4-10,13,21-22H,11-12H2,1-3H3. The molecule has 0 aliphatic carbocycles. The predicted molar refractivity (Wildman–Crippen MR) is 117 cm³/mol. The van der Waals surface area contributed by atoms with Crippen molar-refractivity contribution in [1.82, 2.24) is 4.72 Å². The molecule has 1 heterocycles. The molecule has 0 fully saturated rings. The van der Waals surface area contributed by atoms with E-state index in [4.69, 9.17) is 0 Å². The number of hydrazone groups is 1. The first-order valence-electron chi connectivity index (χ1n) is 9.07. The van der Waals surface area contributed by atoms with Gasteiger partial charge in [0, 0.05) is 18.8 Å². The van der Waals surface area contributed by atoms with Crippen LogP contribution in [0.3, 0.4) is 0 Å². The van der Waals surface area contributed by atoms with Crippen molar-refractivity contribution in [2.45, 2.75) is 13.8 Å². The average Bonchev–Trinajstić information content (AvgIpc) is 2.95. The molecule has 0 radical (unpaired) electrons. The SMILES string of the molecule is CC1=NN(c2ccccc2)C(=O)C1=Nc1ccc(NCCNS(C)(=O)=O)cc1C. The van der Waals surface area contributed by atoms with Crippen LogP contribution in [0.5, 0.6) is 0 Å². The molecular weight excluding hydrogens is 390 g/mol. The summed E-state index contributed by atoms with van der Waals surface area (Å²) < 4.78 is 24.6. The highest BCUT2D eigenvalue weighted by Crippen LogP contribution is 2.25. The van der Waals surface area contributed by atoms with Gasteiger partial charge in [-0.15, -0.1) is 0 Å². The molecule has 1 aliphatic heterocycles. The Balaban J connectivity index is 1.72. The van der Waals surface area contributed by atoms with Crippen molar-refractivity contribution in [2.75, 3.05) is 29.7 Å². The third-order valence-electron chi connectivity index (χ3n) is 4.24. The number of benzene rings is 2. The molecule has 0 saturated heterocycles. The second-order valence-electron chi connectivity index (χ2n) is 6.69. The lowest BCUT2D eigenvalue weighted by molar-refractivity contribution is -0.112. The van der Waals surface area contributed by atoms with Gasteiger partial charge in [0.15, 0.2) is 5.71 Å². The first-order valence-corrected chi connectivity index (χ1v) is 11.0. The van der Waals surface area contributed by atoms with Gasteiger partial charge in [0.2, 0.25) is 10.0 Å². The van der Waals surface area contributed by atoms with Crippen LogP contribution in [0.2, 0.25) is 0 Å². The van der Waals surface area contributed by atoms with Crippen molar-refractivity contribution in [1.29, 1.82) is 0 Å². The van der Waals surface area contributed by atoms with E-state index in [0.29, 0.717) is 35.9 Å². The highest BCUT2D eigenvalue weighted by Gasteiger charge is 2.30. The molecule has 0 atom stereocenters. The van der Waals surface area contributed by atoms with E-state index in [1.807, 2.05) is 55.5 Å². The summed E-state index contributed by atoms with van der Waals surface area (Å²) in [4.78, 5) is 17.3. The van der Waals surface area contributed by atoms with E-state index >= 15 is 0 Å². The molecule has 2 N–H and O–H groups in total. The molecule has 0 spiro atoms. The molecule has 2 aromatic carbocycles. The molecule has 8 nitrogen and oxygen atoms in total. The number of sulfonamides is 1. The second kappa shape index (κ2) is 8.54. The van der Waals surface area contributed by atoms with Gasteiger partial charge < -0.3 is 5.32 Å². The number of nitrogens with zero attached hydrogens (tertiary/aromatic N) is 3. The number of aryl methyl sites for hydroxylation is 1. The fourth-order valence-electron chi connectivity index (χ4n) is 2.83. The number of nitrogens with one attached hydrogen (secondary N) is 2. The van der Waals surface area contributed by atoms with E-state index in [-0.39, 0.29) is 5.91 Å². The van der Waals surface area contributed by atoms with Crippen LogP contribution in [0.15, 0.2) is 58.6 Å². The van der Waals surface area contributed by atoms with Gasteiger partial charge in [-0.2, -0.15) is 10.1 Å². The van der Waals surface area contributed by atoms with Crippen LogP contribution in [0.1, 0.15) is 12.5 Å². The van der Waals surface area contributed by atoms with Crippen LogP contribution in [0, 0.1) is 6.92 Å². The molecule has 0 unspecified atom stereocenters. The van der Waals surface area contributed by atoms with Crippen molar-refractivity contribution in [3.05, 3.63) is 54.1 Å². The Bertz CT molecular complexity index is 1080. The molecule has 9 heteroatoms. The number of hydrogen-bond acceptors (Lipinski definition) is 6. The van der Waals surface area contributed by atoms with E-state index in [1.165, 1.54) is 5.01 Å². The van der Waals surface area contributed by atoms with Crippen LogP contribution in [-0.2, 0) is 14.8 Å². The number of aliphatic imine (C=N–C) groups is 1. The topological polar surface area (TPSA) is 103 Å². The van der Waals surface area contributed by atoms with Crippen LogP contribution in [-0.4, -0.2) is 45.1 Å². The fraction of sp³-hybridized carbons (Fsp3) is 0.250. The summed E-state index contributed by atoms with van der Waals surface area (Å²) in [7, 11) is -3.20. The molecule has 0 bridgehead atoms. The first kappa shape index (κ1) is 20.7. The van der Waals surface area contributed by atoms with E-state index < -0.39 is 10.0 Å². The number of rotatable bonds is 7. The minimum absolute atomic E-state index is 0.262. The van der Waals surface area contributed by atoms with Gasteiger partial charge in [-0.05, 0) is 49.7 Å². The quantitative estimate of drug-likeness (QED) is 0.681. The summed E-state index contributed by atoms with van der Waals surface area (Å²) in [6.07, 6.45) is 1.12. The van der Waals surface area contributed by atoms with Crippen molar-refractivity contribution < 1.29 is 13.2 Å². The molecule has 1 amide bonds. The Labute approximate surface area is 170 Å². The molecular formula is C20H23N5O3S. The largest absolute Gasteiger partial charge is 0.384 e. The highest BCUT2D eigenvalue weighted by atomic mass is 32.2. The molecule has 0 saturated carbocycles. The average molecular weight is 414 g/mol. The summed E-state index contributed by atoms with van der Waals surface area (Å²) in [5.41, 5.74) is 3.98. The summed E-state index contributed by atoms with van der Waals surface area (Å²) in [5, 5.41) is 8.84. The van der Waals surface area contributed by atoms with E-state index in [2.05, 4.69) is 20.1 Å². The van der Waals surface area contributed by atoms with Crippen molar-refractivity contribution in [2.24, 2.45) is 10.1 Å². The first-order chi connectivity index (χ1) is 13.7. The molecule has 29 heavy (non-hydrogen) atoms. The second-order valence-corrected chi connectivity index (χ2v) is 8.53. The Morgan fingerprint density at radius 3 is 2.45 bits per heavy atom. The monoisotopic (exact) mass is 413 g/mol. The minimum Gasteiger partial charge on any atom is -0.384 e. The lowest BCUT2D eigenvalue weighted by Gasteiger charge is -2.11. The van der Waals surface area contributed by atoms with Gasteiger partial charge in [0.05, 0.1) is 23.3 Å². The zero-order chi connectivity index (χ0) is 21.0. The normalized spacial score (nSPS) is 15.7. The van der Waals surface area contributed by atoms with Crippen LogP contribution < -0.4 is 15.0 Å². The van der Waals surface area contributed by atoms with Gasteiger partial charge in [-0.25, -0.2) is 18.1 Å². The smallest absolute Gasteiger partial charge is 0.299 e. The minimum atomic E-state index is -3.20. The Hall–Kier alpha value is -3.04. The molecule has 152 valence electrons. The van der Waals surface area contributed by atoms with E-state index in [1.54, 1.807) is 6.92 Å². The van der Waals surface area contributed by atoms with Crippen LogP contribution in [0.4, 0.5) is 17.1 Å². The summed E-state index contributed by atoms with van der Waals surface area (Å²) in [5.74, 6) is -0.262. The number of amides is 1. The summed E-state index contributed by atoms with van der Waals surface area (Å²) >= 11 is 0. The van der Waals surface area contributed by atoms with Gasteiger partial charge >= 0.3 is 0 Å².